The molecule has 0 amide bonds. The number of piperidine rings is 1. The zero-order valence-electron chi connectivity index (χ0n) is 12.8. The first kappa shape index (κ1) is 14.5. The number of nitrogens with zero attached hydrogens (tertiary/aromatic N) is 4. The number of ether oxygens (including phenoxy) is 1. The Kier molecular flexibility index (Phi) is 4.53. The molecule has 1 aliphatic heterocycles. The Morgan fingerprint density at radius 3 is 2.71 bits per heavy atom. The van der Waals surface area contributed by atoms with Crippen LogP contribution in [0, 0.1) is 5.92 Å². The molecule has 116 valence electrons. The fourth-order valence-electron chi connectivity index (χ4n) is 3.52. The van der Waals surface area contributed by atoms with Gasteiger partial charge in [0.25, 0.3) is 0 Å². The van der Waals surface area contributed by atoms with Gasteiger partial charge in [0.2, 0.25) is 11.9 Å². The molecule has 1 aliphatic carbocycles. The van der Waals surface area contributed by atoms with Gasteiger partial charge in [-0.25, -0.2) is 0 Å². The molecule has 0 aromatic carbocycles. The summed E-state index contributed by atoms with van der Waals surface area (Å²) in [5.74, 6) is 3.02. The molecule has 0 bridgehead atoms. The number of nitrogen functional groups attached to an aromatic ring is 1. The van der Waals surface area contributed by atoms with Crippen LogP contribution in [-0.4, -0.2) is 41.8 Å². The Balaban J connectivity index is 1.77. The third kappa shape index (κ3) is 3.43. The molecule has 1 saturated carbocycles. The minimum Gasteiger partial charge on any atom is -0.384 e. The lowest BCUT2D eigenvalue weighted by Crippen LogP contribution is -2.38. The third-order valence-corrected chi connectivity index (χ3v) is 4.58. The van der Waals surface area contributed by atoms with E-state index in [1.54, 1.807) is 7.11 Å². The molecule has 2 aliphatic rings. The Morgan fingerprint density at radius 2 is 1.95 bits per heavy atom. The standard InChI is InChI=1S/C15H25N5O/c1-21-10-11-5-4-8-20(9-11)15-18-13(17-14(16)19-15)12-6-2-3-7-12/h11-12H,2-10H2,1H3,(H2,16,17,18,19)/t11-/m0/s1. The monoisotopic (exact) mass is 291 g/mol. The van der Waals surface area contributed by atoms with Crippen molar-refractivity contribution in [2.24, 2.45) is 5.92 Å². The zero-order valence-corrected chi connectivity index (χ0v) is 12.8. The molecule has 1 saturated heterocycles. The number of anilines is 2. The zero-order chi connectivity index (χ0) is 14.7. The van der Waals surface area contributed by atoms with Gasteiger partial charge in [-0.2, -0.15) is 15.0 Å². The first-order valence-electron chi connectivity index (χ1n) is 8.01. The summed E-state index contributed by atoms with van der Waals surface area (Å²) >= 11 is 0. The van der Waals surface area contributed by atoms with Gasteiger partial charge in [-0.1, -0.05) is 12.8 Å². The molecule has 2 fully saturated rings. The van der Waals surface area contributed by atoms with Crippen molar-refractivity contribution < 1.29 is 4.74 Å². The van der Waals surface area contributed by atoms with Crippen molar-refractivity contribution in [2.75, 3.05) is 37.4 Å². The van der Waals surface area contributed by atoms with Crippen molar-refractivity contribution >= 4 is 11.9 Å². The maximum atomic E-state index is 5.91. The summed E-state index contributed by atoms with van der Waals surface area (Å²) in [6.07, 6.45) is 7.25. The molecule has 2 N–H and O–H groups in total. The Bertz CT molecular complexity index is 473. The SMILES string of the molecule is COC[C@H]1CCCN(c2nc(N)nc(C3CCCC3)n2)C1. The molecule has 1 atom stereocenters. The van der Waals surface area contributed by atoms with Gasteiger partial charge < -0.3 is 15.4 Å². The first-order valence-corrected chi connectivity index (χ1v) is 8.01. The van der Waals surface area contributed by atoms with Crippen LogP contribution in [0.4, 0.5) is 11.9 Å². The molecule has 2 heterocycles. The fraction of sp³-hybridized carbons (Fsp3) is 0.800. The predicted molar refractivity (Wildman–Crippen MR) is 82.3 cm³/mol. The Morgan fingerprint density at radius 1 is 1.14 bits per heavy atom. The van der Waals surface area contributed by atoms with Crippen molar-refractivity contribution in [1.82, 2.24) is 15.0 Å². The van der Waals surface area contributed by atoms with Crippen molar-refractivity contribution in [3.05, 3.63) is 5.82 Å². The van der Waals surface area contributed by atoms with E-state index in [2.05, 4.69) is 14.9 Å². The van der Waals surface area contributed by atoms with E-state index in [4.69, 9.17) is 15.5 Å². The van der Waals surface area contributed by atoms with Gasteiger partial charge in [-0.3, -0.25) is 0 Å². The van der Waals surface area contributed by atoms with E-state index in [9.17, 15) is 0 Å². The summed E-state index contributed by atoms with van der Waals surface area (Å²) in [5, 5.41) is 0. The van der Waals surface area contributed by atoms with E-state index in [0.717, 1.165) is 37.9 Å². The highest BCUT2D eigenvalue weighted by Gasteiger charge is 2.25. The van der Waals surface area contributed by atoms with Crippen LogP contribution >= 0.6 is 0 Å². The number of nitrogens with two attached hydrogens (primary N) is 1. The lowest BCUT2D eigenvalue weighted by molar-refractivity contribution is 0.143. The normalized spacial score (nSPS) is 23.7. The third-order valence-electron chi connectivity index (χ3n) is 4.58. The summed E-state index contributed by atoms with van der Waals surface area (Å²) in [7, 11) is 1.76. The Labute approximate surface area is 126 Å². The van der Waals surface area contributed by atoms with Crippen LogP contribution in [0.5, 0.6) is 0 Å². The van der Waals surface area contributed by atoms with Crippen LogP contribution in [0.2, 0.25) is 0 Å². The quantitative estimate of drug-likeness (QED) is 0.914. The van der Waals surface area contributed by atoms with Gasteiger partial charge in [0.1, 0.15) is 5.82 Å². The molecule has 1 aromatic rings. The maximum Gasteiger partial charge on any atom is 0.230 e. The van der Waals surface area contributed by atoms with E-state index >= 15 is 0 Å². The highest BCUT2D eigenvalue weighted by atomic mass is 16.5. The number of methoxy groups -OCH3 is 1. The molecule has 21 heavy (non-hydrogen) atoms. The van der Waals surface area contributed by atoms with Gasteiger partial charge in [-0.05, 0) is 31.6 Å². The number of rotatable bonds is 4. The van der Waals surface area contributed by atoms with Gasteiger partial charge in [-0.15, -0.1) is 0 Å². The highest BCUT2D eigenvalue weighted by Crippen LogP contribution is 2.33. The maximum absolute atomic E-state index is 5.91. The number of hydrogen-bond donors (Lipinski definition) is 1. The summed E-state index contributed by atoms with van der Waals surface area (Å²) < 4.78 is 5.29. The number of aromatic nitrogens is 3. The molecule has 0 spiro atoms. The summed E-state index contributed by atoms with van der Waals surface area (Å²) in [4.78, 5) is 15.7. The van der Waals surface area contributed by atoms with E-state index in [1.807, 2.05) is 0 Å². The van der Waals surface area contributed by atoms with Crippen LogP contribution in [-0.2, 0) is 4.74 Å². The second-order valence-corrected chi connectivity index (χ2v) is 6.24. The van der Waals surface area contributed by atoms with E-state index in [1.165, 1.54) is 32.1 Å². The number of hydrogen-bond acceptors (Lipinski definition) is 6. The molecule has 0 unspecified atom stereocenters. The van der Waals surface area contributed by atoms with Gasteiger partial charge in [0.05, 0.1) is 6.61 Å². The lowest BCUT2D eigenvalue weighted by atomic mass is 9.99. The minimum absolute atomic E-state index is 0.357. The minimum atomic E-state index is 0.357. The molecule has 0 radical (unpaired) electrons. The Hall–Kier alpha value is -1.43. The van der Waals surface area contributed by atoms with Crippen molar-refractivity contribution in [3.8, 4) is 0 Å². The van der Waals surface area contributed by atoms with Crippen LogP contribution in [0.15, 0.2) is 0 Å². The first-order chi connectivity index (χ1) is 10.3. The largest absolute Gasteiger partial charge is 0.384 e. The smallest absolute Gasteiger partial charge is 0.230 e. The molecular weight excluding hydrogens is 266 g/mol. The highest BCUT2D eigenvalue weighted by molar-refractivity contribution is 5.36. The summed E-state index contributed by atoms with van der Waals surface area (Å²) in [6, 6.07) is 0. The van der Waals surface area contributed by atoms with Crippen LogP contribution < -0.4 is 10.6 Å². The van der Waals surface area contributed by atoms with Gasteiger partial charge >= 0.3 is 0 Å². The van der Waals surface area contributed by atoms with Crippen molar-refractivity contribution in [1.29, 1.82) is 0 Å². The second kappa shape index (κ2) is 6.56. The van der Waals surface area contributed by atoms with Crippen LogP contribution in [0.3, 0.4) is 0 Å². The van der Waals surface area contributed by atoms with Crippen molar-refractivity contribution in [2.45, 2.75) is 44.4 Å². The summed E-state index contributed by atoms with van der Waals surface area (Å²) in [5.41, 5.74) is 5.91. The van der Waals surface area contributed by atoms with Crippen molar-refractivity contribution in [3.63, 3.8) is 0 Å². The molecule has 6 nitrogen and oxygen atoms in total. The van der Waals surface area contributed by atoms with E-state index < -0.39 is 0 Å². The second-order valence-electron chi connectivity index (χ2n) is 6.24. The predicted octanol–water partition coefficient (Wildman–Crippen LogP) is 1.97. The fourth-order valence-corrected chi connectivity index (χ4v) is 3.52. The molecule has 1 aromatic heterocycles. The van der Waals surface area contributed by atoms with Crippen LogP contribution in [0.25, 0.3) is 0 Å². The molecule has 3 rings (SSSR count). The van der Waals surface area contributed by atoms with Gasteiger partial charge in [0.15, 0.2) is 0 Å². The lowest BCUT2D eigenvalue weighted by Gasteiger charge is -2.32. The van der Waals surface area contributed by atoms with Crippen LogP contribution in [0.1, 0.15) is 50.3 Å². The topological polar surface area (TPSA) is 77.2 Å². The molecule has 6 heteroatoms. The average molecular weight is 291 g/mol. The van der Waals surface area contributed by atoms with E-state index in [-0.39, 0.29) is 0 Å². The molecular formula is C15H25N5O. The summed E-state index contributed by atoms with van der Waals surface area (Å²) in [6.45, 7) is 2.74. The van der Waals surface area contributed by atoms with Gasteiger partial charge in [0, 0.05) is 26.1 Å². The average Bonchev–Trinajstić information content (AvgIpc) is 3.01. The van der Waals surface area contributed by atoms with E-state index in [0.29, 0.717) is 17.8 Å².